The van der Waals surface area contributed by atoms with E-state index in [2.05, 4.69) is 10.4 Å². The Bertz CT molecular complexity index is 558. The molecule has 3 nitrogen and oxygen atoms in total. The second-order valence-corrected chi connectivity index (χ2v) is 5.30. The van der Waals surface area contributed by atoms with Crippen LogP contribution in [0.1, 0.15) is 17.2 Å². The van der Waals surface area contributed by atoms with Crippen molar-refractivity contribution in [1.29, 1.82) is 0 Å². The first-order valence-corrected chi connectivity index (χ1v) is 6.75. The Labute approximate surface area is 126 Å². The number of halogens is 3. The fraction of sp³-hybridized carbons (Fsp3) is 0.154. The van der Waals surface area contributed by atoms with E-state index in [1.165, 1.54) is 0 Å². The van der Waals surface area contributed by atoms with Gasteiger partial charge in [-0.05, 0) is 41.8 Å². The van der Waals surface area contributed by atoms with Crippen LogP contribution in [0.25, 0.3) is 0 Å². The Kier molecular flexibility index (Phi) is 5.02. The van der Waals surface area contributed by atoms with Crippen molar-refractivity contribution in [2.24, 2.45) is 5.84 Å². The van der Waals surface area contributed by atoms with E-state index in [1.807, 2.05) is 12.1 Å². The second kappa shape index (κ2) is 6.55. The zero-order valence-electron chi connectivity index (χ0n) is 9.91. The van der Waals surface area contributed by atoms with Gasteiger partial charge >= 0.3 is 0 Å². The molecule has 0 radical (unpaired) electrons. The highest BCUT2D eigenvalue weighted by molar-refractivity contribution is 6.33. The molecule has 2 aromatic rings. The van der Waals surface area contributed by atoms with Crippen molar-refractivity contribution in [3.63, 3.8) is 0 Å². The fourth-order valence-corrected chi connectivity index (χ4v) is 2.29. The van der Waals surface area contributed by atoms with Gasteiger partial charge in [0, 0.05) is 16.2 Å². The van der Waals surface area contributed by atoms with Crippen LogP contribution in [-0.4, -0.2) is 4.98 Å². The van der Waals surface area contributed by atoms with Crippen molar-refractivity contribution in [3.05, 3.63) is 62.9 Å². The van der Waals surface area contributed by atoms with Crippen LogP contribution in [0.5, 0.6) is 0 Å². The van der Waals surface area contributed by atoms with Gasteiger partial charge in [-0.3, -0.25) is 11.3 Å². The molecule has 0 saturated carbocycles. The number of rotatable bonds is 4. The molecule has 2 rings (SSSR count). The summed E-state index contributed by atoms with van der Waals surface area (Å²) in [6.45, 7) is 0. The molecule has 1 aromatic carbocycles. The van der Waals surface area contributed by atoms with E-state index in [0.29, 0.717) is 21.6 Å². The Balaban J connectivity index is 2.23. The number of hydrogen-bond acceptors (Lipinski definition) is 3. The lowest BCUT2D eigenvalue weighted by Crippen LogP contribution is -2.29. The first kappa shape index (κ1) is 14.6. The molecule has 19 heavy (non-hydrogen) atoms. The highest BCUT2D eigenvalue weighted by atomic mass is 35.5. The average Bonchev–Trinajstić information content (AvgIpc) is 2.41. The molecular formula is C13H12Cl3N3. The van der Waals surface area contributed by atoms with Crippen LogP contribution in [0, 0.1) is 0 Å². The smallest absolute Gasteiger partial charge is 0.129 e. The van der Waals surface area contributed by atoms with E-state index in [-0.39, 0.29) is 6.04 Å². The van der Waals surface area contributed by atoms with Crippen LogP contribution < -0.4 is 11.3 Å². The van der Waals surface area contributed by atoms with E-state index >= 15 is 0 Å². The van der Waals surface area contributed by atoms with Crippen molar-refractivity contribution in [3.8, 4) is 0 Å². The molecule has 1 atom stereocenters. The molecule has 1 heterocycles. The maximum absolute atomic E-state index is 6.15. The predicted octanol–water partition coefficient (Wildman–Crippen LogP) is 3.79. The van der Waals surface area contributed by atoms with E-state index in [1.54, 1.807) is 24.4 Å². The lowest BCUT2D eigenvalue weighted by Gasteiger charge is -2.17. The molecule has 3 N–H and O–H groups in total. The van der Waals surface area contributed by atoms with Crippen LogP contribution in [0.4, 0.5) is 0 Å². The number of aromatic nitrogens is 1. The van der Waals surface area contributed by atoms with Crippen molar-refractivity contribution in [2.45, 2.75) is 12.5 Å². The molecule has 0 bridgehead atoms. The summed E-state index contributed by atoms with van der Waals surface area (Å²) in [7, 11) is 0. The third-order valence-corrected chi connectivity index (χ3v) is 3.61. The van der Waals surface area contributed by atoms with Gasteiger partial charge in [-0.2, -0.15) is 0 Å². The Morgan fingerprint density at radius 2 is 1.95 bits per heavy atom. The van der Waals surface area contributed by atoms with Gasteiger partial charge in [-0.25, -0.2) is 4.98 Å². The molecule has 0 aliphatic heterocycles. The summed E-state index contributed by atoms with van der Waals surface area (Å²) >= 11 is 17.9. The van der Waals surface area contributed by atoms with Crippen LogP contribution in [0.2, 0.25) is 15.2 Å². The van der Waals surface area contributed by atoms with Gasteiger partial charge in [-0.15, -0.1) is 0 Å². The van der Waals surface area contributed by atoms with E-state index in [0.717, 1.165) is 11.1 Å². The first-order chi connectivity index (χ1) is 9.10. The van der Waals surface area contributed by atoms with Crippen LogP contribution in [-0.2, 0) is 6.42 Å². The number of nitrogens with one attached hydrogen (secondary N) is 1. The second-order valence-electron chi connectivity index (χ2n) is 4.07. The van der Waals surface area contributed by atoms with Crippen molar-refractivity contribution in [1.82, 2.24) is 10.4 Å². The quantitative estimate of drug-likeness (QED) is 0.512. The predicted molar refractivity (Wildman–Crippen MR) is 79.5 cm³/mol. The molecule has 0 saturated heterocycles. The van der Waals surface area contributed by atoms with Gasteiger partial charge in [0.1, 0.15) is 5.15 Å². The zero-order chi connectivity index (χ0) is 13.8. The average molecular weight is 317 g/mol. The minimum atomic E-state index is -0.110. The minimum absolute atomic E-state index is 0.110. The van der Waals surface area contributed by atoms with E-state index < -0.39 is 0 Å². The maximum atomic E-state index is 6.15. The summed E-state index contributed by atoms with van der Waals surface area (Å²) in [5.74, 6) is 5.59. The van der Waals surface area contributed by atoms with Crippen LogP contribution in [0.15, 0.2) is 36.5 Å². The highest BCUT2D eigenvalue weighted by Gasteiger charge is 2.13. The van der Waals surface area contributed by atoms with Gasteiger partial charge in [-0.1, -0.05) is 40.9 Å². The number of nitrogens with two attached hydrogens (primary N) is 1. The topological polar surface area (TPSA) is 50.9 Å². The lowest BCUT2D eigenvalue weighted by atomic mass is 10.0. The van der Waals surface area contributed by atoms with Crippen molar-refractivity contribution < 1.29 is 0 Å². The van der Waals surface area contributed by atoms with Crippen LogP contribution >= 0.6 is 34.8 Å². The molecule has 0 aliphatic rings. The van der Waals surface area contributed by atoms with Gasteiger partial charge in [0.2, 0.25) is 0 Å². The fourth-order valence-electron chi connectivity index (χ4n) is 1.79. The minimum Gasteiger partial charge on any atom is -0.271 e. The lowest BCUT2D eigenvalue weighted by molar-refractivity contribution is 0.550. The number of pyridine rings is 1. The molecule has 1 unspecified atom stereocenters. The monoisotopic (exact) mass is 315 g/mol. The standard InChI is InChI=1S/C13H12Cl3N3/c14-10-2-3-11(15)9(5-10)6-12(19-17)8-1-4-13(16)18-7-8/h1-5,7,12,19H,6,17H2. The maximum Gasteiger partial charge on any atom is 0.129 e. The van der Waals surface area contributed by atoms with Gasteiger partial charge in [0.25, 0.3) is 0 Å². The normalized spacial score (nSPS) is 12.4. The molecule has 0 fully saturated rings. The molecule has 100 valence electrons. The summed E-state index contributed by atoms with van der Waals surface area (Å²) in [6, 6.07) is 8.84. The van der Waals surface area contributed by atoms with E-state index in [4.69, 9.17) is 40.6 Å². The van der Waals surface area contributed by atoms with Gasteiger partial charge < -0.3 is 0 Å². The summed E-state index contributed by atoms with van der Waals surface area (Å²) in [4.78, 5) is 4.04. The summed E-state index contributed by atoms with van der Waals surface area (Å²) in [5.41, 5.74) is 4.60. The molecule has 6 heteroatoms. The summed E-state index contributed by atoms with van der Waals surface area (Å²) in [5, 5.41) is 1.75. The third kappa shape index (κ3) is 3.81. The summed E-state index contributed by atoms with van der Waals surface area (Å²) in [6.07, 6.45) is 2.30. The molecular weight excluding hydrogens is 305 g/mol. The van der Waals surface area contributed by atoms with Gasteiger partial charge in [0.05, 0.1) is 6.04 Å². The Morgan fingerprint density at radius 1 is 1.16 bits per heavy atom. The number of hydrogen-bond donors (Lipinski definition) is 2. The first-order valence-electron chi connectivity index (χ1n) is 5.61. The van der Waals surface area contributed by atoms with E-state index in [9.17, 15) is 0 Å². The van der Waals surface area contributed by atoms with Crippen molar-refractivity contribution in [2.75, 3.05) is 0 Å². The zero-order valence-corrected chi connectivity index (χ0v) is 12.2. The highest BCUT2D eigenvalue weighted by Crippen LogP contribution is 2.26. The largest absolute Gasteiger partial charge is 0.271 e. The molecule has 0 amide bonds. The van der Waals surface area contributed by atoms with Crippen LogP contribution in [0.3, 0.4) is 0 Å². The number of nitrogens with zero attached hydrogens (tertiary/aromatic N) is 1. The third-order valence-electron chi connectivity index (χ3n) is 2.79. The SMILES string of the molecule is NNC(Cc1cc(Cl)ccc1Cl)c1ccc(Cl)nc1. The number of benzene rings is 1. The molecule has 1 aromatic heterocycles. The summed E-state index contributed by atoms with van der Waals surface area (Å²) < 4.78 is 0. The Morgan fingerprint density at radius 3 is 2.58 bits per heavy atom. The van der Waals surface area contributed by atoms with Gasteiger partial charge in [0.15, 0.2) is 0 Å². The number of hydrazine groups is 1. The molecule has 0 aliphatic carbocycles. The molecule has 0 spiro atoms. The Hall–Kier alpha value is -0.840. The van der Waals surface area contributed by atoms with Crippen molar-refractivity contribution >= 4 is 34.8 Å².